The van der Waals surface area contributed by atoms with E-state index in [-0.39, 0.29) is 5.75 Å². The quantitative estimate of drug-likeness (QED) is 0.561. The molecule has 0 aliphatic heterocycles. The molecule has 0 aliphatic carbocycles. The van der Waals surface area contributed by atoms with Crippen LogP contribution in [0.1, 0.15) is 12.6 Å². The number of fused-ring (bicyclic) bond motifs is 3. The highest BCUT2D eigenvalue weighted by molar-refractivity contribution is 5.78. The maximum absolute atomic E-state index is 15.0. The van der Waals surface area contributed by atoms with Gasteiger partial charge in [0.05, 0.1) is 25.0 Å². The molecule has 0 N–H and O–H groups in total. The van der Waals surface area contributed by atoms with Gasteiger partial charge in [0.2, 0.25) is 5.88 Å². The lowest BCUT2D eigenvalue weighted by Gasteiger charge is -2.09. The van der Waals surface area contributed by atoms with Gasteiger partial charge >= 0.3 is 0 Å². The topological polar surface area (TPSA) is 74.4 Å². The Hall–Kier alpha value is -3.29. The lowest BCUT2D eigenvalue weighted by atomic mass is 10.2. The van der Waals surface area contributed by atoms with Crippen molar-refractivity contribution in [3.63, 3.8) is 0 Å². The zero-order valence-corrected chi connectivity index (χ0v) is 14.5. The minimum absolute atomic E-state index is 0.177. The molecule has 0 radical (unpaired) electrons. The van der Waals surface area contributed by atoms with E-state index in [1.54, 1.807) is 48.6 Å². The number of ether oxygens (including phenoxy) is 2. The molecule has 0 saturated heterocycles. The Morgan fingerprint density at radius 1 is 1.08 bits per heavy atom. The Labute approximate surface area is 148 Å². The van der Waals surface area contributed by atoms with E-state index < -0.39 is 5.82 Å². The van der Waals surface area contributed by atoms with Crippen LogP contribution in [0.25, 0.3) is 28.2 Å². The van der Waals surface area contributed by atoms with E-state index in [1.165, 1.54) is 7.11 Å². The predicted molar refractivity (Wildman–Crippen MR) is 93.9 cm³/mol. The van der Waals surface area contributed by atoms with Crippen molar-refractivity contribution in [3.8, 4) is 23.0 Å². The third-order valence-corrected chi connectivity index (χ3v) is 4.03. The van der Waals surface area contributed by atoms with Gasteiger partial charge in [-0.3, -0.25) is 4.40 Å². The second-order valence-corrected chi connectivity index (χ2v) is 5.63. The maximum Gasteiger partial charge on any atom is 0.215 e. The van der Waals surface area contributed by atoms with E-state index >= 15 is 0 Å². The number of aryl methyl sites for hydroxylation is 1. The summed E-state index contributed by atoms with van der Waals surface area (Å²) in [6.07, 6.45) is 0. The molecule has 0 amide bonds. The number of hydrogen-bond acceptors (Lipinski definition) is 6. The number of aromatic nitrogens is 5. The first-order valence-electron chi connectivity index (χ1n) is 8.12. The van der Waals surface area contributed by atoms with E-state index in [2.05, 4.69) is 20.2 Å². The van der Waals surface area contributed by atoms with Gasteiger partial charge in [-0.2, -0.15) is 4.98 Å². The third kappa shape index (κ3) is 2.42. The van der Waals surface area contributed by atoms with Crippen molar-refractivity contribution in [2.75, 3.05) is 13.7 Å². The molecule has 0 saturated carbocycles. The number of benzene rings is 1. The molecular weight excluding hydrogens is 337 g/mol. The van der Waals surface area contributed by atoms with Gasteiger partial charge in [0, 0.05) is 6.07 Å². The van der Waals surface area contributed by atoms with E-state index in [0.29, 0.717) is 46.4 Å². The van der Waals surface area contributed by atoms with Crippen LogP contribution >= 0.6 is 0 Å². The van der Waals surface area contributed by atoms with E-state index in [0.717, 1.165) is 0 Å². The minimum atomic E-state index is -0.478. The fourth-order valence-corrected chi connectivity index (χ4v) is 2.85. The van der Waals surface area contributed by atoms with Gasteiger partial charge < -0.3 is 9.47 Å². The molecule has 4 rings (SSSR count). The summed E-state index contributed by atoms with van der Waals surface area (Å²) in [7, 11) is 1.53. The fourth-order valence-electron chi connectivity index (χ4n) is 2.85. The van der Waals surface area contributed by atoms with E-state index in [4.69, 9.17) is 9.47 Å². The smallest absolute Gasteiger partial charge is 0.215 e. The molecule has 8 heteroatoms. The van der Waals surface area contributed by atoms with Gasteiger partial charge in [-0.15, -0.1) is 10.2 Å². The molecule has 3 aromatic heterocycles. The SMILES string of the molecule is CCOc1cccc(-c2nc(C)c3nnc4ccc(OC)nc4n23)c1F. The van der Waals surface area contributed by atoms with Crippen molar-refractivity contribution in [2.45, 2.75) is 13.8 Å². The fraction of sp³-hybridized carbons (Fsp3) is 0.222. The Morgan fingerprint density at radius 2 is 1.92 bits per heavy atom. The van der Waals surface area contributed by atoms with Crippen LogP contribution in [0.5, 0.6) is 11.6 Å². The second kappa shape index (κ2) is 6.21. The number of rotatable bonds is 4. The number of halogens is 1. The lowest BCUT2D eigenvalue weighted by Crippen LogP contribution is -2.02. The monoisotopic (exact) mass is 353 g/mol. The van der Waals surface area contributed by atoms with Crippen molar-refractivity contribution < 1.29 is 13.9 Å². The number of nitrogens with zero attached hydrogens (tertiary/aromatic N) is 5. The van der Waals surface area contributed by atoms with Crippen LogP contribution in [0.2, 0.25) is 0 Å². The van der Waals surface area contributed by atoms with Crippen LogP contribution in [0.3, 0.4) is 0 Å². The maximum atomic E-state index is 15.0. The molecule has 132 valence electrons. The number of imidazole rings is 1. The summed E-state index contributed by atoms with van der Waals surface area (Å²) in [4.78, 5) is 8.97. The molecule has 4 aromatic rings. The summed E-state index contributed by atoms with van der Waals surface area (Å²) in [5, 5.41) is 8.39. The molecule has 3 heterocycles. The number of methoxy groups -OCH3 is 1. The van der Waals surface area contributed by atoms with Gasteiger partial charge in [0.15, 0.2) is 28.7 Å². The zero-order chi connectivity index (χ0) is 18.3. The van der Waals surface area contributed by atoms with Gasteiger partial charge in [-0.1, -0.05) is 6.07 Å². The van der Waals surface area contributed by atoms with Gasteiger partial charge in [0.25, 0.3) is 0 Å². The Balaban J connectivity index is 2.08. The highest BCUT2D eigenvalue weighted by atomic mass is 19.1. The first-order valence-corrected chi connectivity index (χ1v) is 8.12. The molecule has 0 atom stereocenters. The van der Waals surface area contributed by atoms with Crippen molar-refractivity contribution in [1.29, 1.82) is 0 Å². The van der Waals surface area contributed by atoms with Crippen LogP contribution < -0.4 is 9.47 Å². The Bertz CT molecular complexity index is 1130. The lowest BCUT2D eigenvalue weighted by molar-refractivity contribution is 0.322. The standard InChI is InChI=1S/C18H16FN5O2/c1-4-26-13-7-5-6-11(15(13)19)17-20-10(2)16-23-22-12-8-9-14(25-3)21-18(12)24(16)17/h5-9H,4H2,1-3H3. The summed E-state index contributed by atoms with van der Waals surface area (Å²) in [5.74, 6) is 0.509. The molecule has 0 aliphatic rings. The average Bonchev–Trinajstić information content (AvgIpc) is 3.00. The first-order chi connectivity index (χ1) is 12.6. The normalized spacial score (nSPS) is 11.2. The third-order valence-electron chi connectivity index (χ3n) is 4.03. The van der Waals surface area contributed by atoms with Crippen molar-refractivity contribution in [3.05, 3.63) is 41.8 Å². The highest BCUT2D eigenvalue weighted by Gasteiger charge is 2.20. The highest BCUT2D eigenvalue weighted by Crippen LogP contribution is 2.31. The van der Waals surface area contributed by atoms with Crippen LogP contribution in [-0.4, -0.2) is 38.3 Å². The summed E-state index contributed by atoms with van der Waals surface area (Å²) in [5.41, 5.74) is 2.48. The zero-order valence-electron chi connectivity index (χ0n) is 14.5. The molecule has 7 nitrogen and oxygen atoms in total. The molecular formula is C18H16FN5O2. The largest absolute Gasteiger partial charge is 0.491 e. The van der Waals surface area contributed by atoms with Crippen molar-refractivity contribution in [2.24, 2.45) is 0 Å². The molecule has 26 heavy (non-hydrogen) atoms. The Morgan fingerprint density at radius 3 is 2.69 bits per heavy atom. The predicted octanol–water partition coefficient (Wildman–Crippen LogP) is 3.19. The molecule has 0 unspecified atom stereocenters. The van der Waals surface area contributed by atoms with Gasteiger partial charge in [0.1, 0.15) is 5.52 Å². The first kappa shape index (κ1) is 16.2. The van der Waals surface area contributed by atoms with Gasteiger partial charge in [-0.05, 0) is 32.0 Å². The summed E-state index contributed by atoms with van der Waals surface area (Å²) >= 11 is 0. The van der Waals surface area contributed by atoms with Crippen molar-refractivity contribution >= 4 is 16.8 Å². The number of hydrogen-bond donors (Lipinski definition) is 0. The van der Waals surface area contributed by atoms with Gasteiger partial charge in [-0.25, -0.2) is 9.37 Å². The van der Waals surface area contributed by atoms with Crippen LogP contribution in [0, 0.1) is 12.7 Å². The summed E-state index contributed by atoms with van der Waals surface area (Å²) in [6, 6.07) is 8.41. The number of pyridine rings is 1. The minimum Gasteiger partial charge on any atom is -0.491 e. The summed E-state index contributed by atoms with van der Waals surface area (Å²) < 4.78 is 27.2. The molecule has 0 bridgehead atoms. The summed E-state index contributed by atoms with van der Waals surface area (Å²) in [6.45, 7) is 3.97. The van der Waals surface area contributed by atoms with E-state index in [9.17, 15) is 4.39 Å². The van der Waals surface area contributed by atoms with Crippen LogP contribution in [0.15, 0.2) is 30.3 Å². The Kier molecular flexibility index (Phi) is 3.87. The molecule has 0 spiro atoms. The van der Waals surface area contributed by atoms with Crippen LogP contribution in [0.4, 0.5) is 4.39 Å². The second-order valence-electron chi connectivity index (χ2n) is 5.63. The molecule has 1 aromatic carbocycles. The average molecular weight is 353 g/mol. The molecule has 0 fully saturated rings. The van der Waals surface area contributed by atoms with Crippen LogP contribution in [-0.2, 0) is 0 Å². The van der Waals surface area contributed by atoms with E-state index in [1.807, 2.05) is 0 Å². The van der Waals surface area contributed by atoms with Crippen molar-refractivity contribution in [1.82, 2.24) is 24.6 Å².